The normalized spacial score (nSPS) is 15.3. The van der Waals surface area contributed by atoms with Gasteiger partial charge in [0.25, 0.3) is 0 Å². The minimum Gasteiger partial charge on any atom is -0.0772 e. The zero-order valence-electron chi connectivity index (χ0n) is 12.6. The molecule has 0 saturated heterocycles. The fraction of sp³-hybridized carbons (Fsp3) is 0.143. The molecular weight excluding hydrogens is 252 g/mol. The van der Waals surface area contributed by atoms with Gasteiger partial charge in [-0.1, -0.05) is 72.8 Å². The van der Waals surface area contributed by atoms with Crippen molar-refractivity contribution in [3.05, 3.63) is 95.1 Å². The summed E-state index contributed by atoms with van der Waals surface area (Å²) < 4.78 is 0. The smallest absolute Gasteiger partial charge is 0.00766 e. The van der Waals surface area contributed by atoms with Gasteiger partial charge in [0, 0.05) is 0 Å². The Balaban J connectivity index is 2.31. The molecule has 1 aliphatic rings. The van der Waals surface area contributed by atoms with Crippen LogP contribution in [0.25, 0.3) is 11.1 Å². The number of hydrogen-bond acceptors (Lipinski definition) is 0. The summed E-state index contributed by atoms with van der Waals surface area (Å²) in [6.07, 6.45) is 5.65. The van der Waals surface area contributed by atoms with Crippen LogP contribution < -0.4 is 0 Å². The van der Waals surface area contributed by atoms with Gasteiger partial charge in [-0.05, 0) is 53.7 Å². The highest BCUT2D eigenvalue weighted by Crippen LogP contribution is 2.38. The van der Waals surface area contributed by atoms with Crippen LogP contribution >= 0.6 is 0 Å². The fourth-order valence-electron chi connectivity index (χ4n) is 2.96. The molecule has 3 rings (SSSR count). The van der Waals surface area contributed by atoms with Crippen molar-refractivity contribution in [2.45, 2.75) is 20.3 Å². The molecule has 0 spiro atoms. The Kier molecular flexibility index (Phi) is 3.87. The van der Waals surface area contributed by atoms with E-state index in [2.05, 4.69) is 86.7 Å². The maximum Gasteiger partial charge on any atom is -0.00766 e. The van der Waals surface area contributed by atoms with E-state index in [0.29, 0.717) is 0 Å². The van der Waals surface area contributed by atoms with E-state index in [1.54, 1.807) is 0 Å². The summed E-state index contributed by atoms with van der Waals surface area (Å²) >= 11 is 0. The Bertz CT molecular complexity index is 650. The van der Waals surface area contributed by atoms with Crippen LogP contribution in [0.5, 0.6) is 0 Å². The van der Waals surface area contributed by atoms with Gasteiger partial charge in [-0.25, -0.2) is 0 Å². The molecule has 0 aromatic heterocycles. The molecule has 0 fully saturated rings. The second-order valence-electron chi connectivity index (χ2n) is 5.49. The van der Waals surface area contributed by atoms with E-state index in [-0.39, 0.29) is 0 Å². The standard InChI is InChI=1S/C21H20/c1-16-10-9-11-17(2)21(19-14-7-4-8-15-19)20(16)18-12-5-3-6-13-18/h3-8,10-15H,9H2,1-2H3. The average molecular weight is 272 g/mol. The summed E-state index contributed by atoms with van der Waals surface area (Å²) in [5, 5.41) is 0. The third-order valence-corrected chi connectivity index (χ3v) is 4.01. The van der Waals surface area contributed by atoms with Gasteiger partial charge in [0.1, 0.15) is 0 Å². The molecule has 0 heteroatoms. The molecule has 104 valence electrons. The van der Waals surface area contributed by atoms with Gasteiger partial charge >= 0.3 is 0 Å². The van der Waals surface area contributed by atoms with Crippen molar-refractivity contribution in [3.8, 4) is 0 Å². The first kappa shape index (κ1) is 13.6. The molecule has 0 radical (unpaired) electrons. The van der Waals surface area contributed by atoms with Crippen molar-refractivity contribution in [1.29, 1.82) is 0 Å². The van der Waals surface area contributed by atoms with Crippen molar-refractivity contribution in [2.75, 3.05) is 0 Å². The highest BCUT2D eigenvalue weighted by Gasteiger charge is 2.16. The molecule has 0 unspecified atom stereocenters. The van der Waals surface area contributed by atoms with Crippen molar-refractivity contribution < 1.29 is 0 Å². The Morgan fingerprint density at radius 3 is 1.33 bits per heavy atom. The van der Waals surface area contributed by atoms with Crippen LogP contribution in [0, 0.1) is 0 Å². The van der Waals surface area contributed by atoms with Gasteiger partial charge < -0.3 is 0 Å². The largest absolute Gasteiger partial charge is 0.0772 e. The van der Waals surface area contributed by atoms with E-state index >= 15 is 0 Å². The van der Waals surface area contributed by atoms with E-state index in [1.165, 1.54) is 33.4 Å². The second kappa shape index (κ2) is 5.97. The third kappa shape index (κ3) is 2.75. The summed E-state index contributed by atoms with van der Waals surface area (Å²) in [5.41, 5.74) is 8.00. The Labute approximate surface area is 127 Å². The lowest BCUT2D eigenvalue weighted by Crippen LogP contribution is -1.95. The molecule has 0 atom stereocenters. The molecule has 0 heterocycles. The van der Waals surface area contributed by atoms with E-state index in [4.69, 9.17) is 0 Å². The van der Waals surface area contributed by atoms with Crippen molar-refractivity contribution in [3.63, 3.8) is 0 Å². The van der Waals surface area contributed by atoms with E-state index in [1.807, 2.05) is 0 Å². The SMILES string of the molecule is CC1=CCC=C(C)C(c2ccccc2)=C1c1ccccc1. The van der Waals surface area contributed by atoms with Gasteiger partial charge in [0.2, 0.25) is 0 Å². The van der Waals surface area contributed by atoms with E-state index in [0.717, 1.165) is 6.42 Å². The van der Waals surface area contributed by atoms with Crippen LogP contribution in [0.15, 0.2) is 84.0 Å². The van der Waals surface area contributed by atoms with Gasteiger partial charge in [-0.15, -0.1) is 0 Å². The third-order valence-electron chi connectivity index (χ3n) is 4.01. The minimum atomic E-state index is 1.00. The second-order valence-corrected chi connectivity index (χ2v) is 5.49. The van der Waals surface area contributed by atoms with Crippen molar-refractivity contribution in [2.24, 2.45) is 0 Å². The maximum atomic E-state index is 2.32. The quantitative estimate of drug-likeness (QED) is 0.639. The van der Waals surface area contributed by atoms with Crippen molar-refractivity contribution in [1.82, 2.24) is 0 Å². The van der Waals surface area contributed by atoms with Crippen LogP contribution in [0.1, 0.15) is 31.4 Å². The van der Waals surface area contributed by atoms with E-state index in [9.17, 15) is 0 Å². The lowest BCUT2D eigenvalue weighted by atomic mass is 9.87. The fourth-order valence-corrected chi connectivity index (χ4v) is 2.96. The molecule has 0 aliphatic heterocycles. The Morgan fingerprint density at radius 1 is 0.571 bits per heavy atom. The lowest BCUT2D eigenvalue weighted by molar-refractivity contribution is 1.32. The highest BCUT2D eigenvalue weighted by atomic mass is 14.2. The van der Waals surface area contributed by atoms with Gasteiger partial charge in [0.05, 0.1) is 0 Å². The summed E-state index contributed by atoms with van der Waals surface area (Å²) in [7, 11) is 0. The first-order chi connectivity index (χ1) is 10.3. The predicted molar refractivity (Wildman–Crippen MR) is 91.8 cm³/mol. The van der Waals surface area contributed by atoms with Crippen LogP contribution in [0.4, 0.5) is 0 Å². The zero-order valence-corrected chi connectivity index (χ0v) is 12.6. The monoisotopic (exact) mass is 272 g/mol. The molecule has 0 N–H and O–H groups in total. The topological polar surface area (TPSA) is 0 Å². The van der Waals surface area contributed by atoms with Crippen LogP contribution in [0.2, 0.25) is 0 Å². The van der Waals surface area contributed by atoms with Crippen molar-refractivity contribution >= 4 is 11.1 Å². The van der Waals surface area contributed by atoms with Gasteiger partial charge in [-0.3, -0.25) is 0 Å². The lowest BCUT2D eigenvalue weighted by Gasteiger charge is -2.17. The van der Waals surface area contributed by atoms with E-state index < -0.39 is 0 Å². The number of allylic oxidation sites excluding steroid dienone is 6. The summed E-state index contributed by atoms with van der Waals surface area (Å²) in [4.78, 5) is 0. The number of benzene rings is 2. The molecule has 2 aromatic rings. The van der Waals surface area contributed by atoms with Gasteiger partial charge in [0.15, 0.2) is 0 Å². The van der Waals surface area contributed by atoms with Crippen LogP contribution in [0.3, 0.4) is 0 Å². The molecule has 0 nitrogen and oxygen atoms in total. The Morgan fingerprint density at radius 2 is 0.952 bits per heavy atom. The maximum absolute atomic E-state index is 2.32. The molecule has 1 aliphatic carbocycles. The average Bonchev–Trinajstić information content (AvgIpc) is 2.67. The molecule has 0 bridgehead atoms. The molecular formula is C21H20. The highest BCUT2D eigenvalue weighted by molar-refractivity contribution is 6.04. The van der Waals surface area contributed by atoms with Crippen LogP contribution in [-0.4, -0.2) is 0 Å². The summed E-state index contributed by atoms with van der Waals surface area (Å²) in [6, 6.07) is 21.4. The van der Waals surface area contributed by atoms with Crippen LogP contribution in [-0.2, 0) is 0 Å². The first-order valence-corrected chi connectivity index (χ1v) is 7.47. The Hall–Kier alpha value is -2.34. The molecule has 0 saturated carbocycles. The minimum absolute atomic E-state index is 1.00. The molecule has 21 heavy (non-hydrogen) atoms. The molecule has 2 aromatic carbocycles. The summed E-state index contributed by atoms with van der Waals surface area (Å²) in [5.74, 6) is 0. The zero-order chi connectivity index (χ0) is 14.7. The van der Waals surface area contributed by atoms with Gasteiger partial charge in [-0.2, -0.15) is 0 Å². The number of hydrogen-bond donors (Lipinski definition) is 0. The first-order valence-electron chi connectivity index (χ1n) is 7.47. The predicted octanol–water partition coefficient (Wildman–Crippen LogP) is 5.89. The number of rotatable bonds is 2. The summed E-state index contributed by atoms with van der Waals surface area (Å²) in [6.45, 7) is 4.44. The molecule has 0 amide bonds.